The van der Waals surface area contributed by atoms with Crippen molar-refractivity contribution in [2.45, 2.75) is 0 Å². The van der Waals surface area contributed by atoms with Crippen LogP contribution in [0.4, 0.5) is 0 Å². The molecule has 0 fully saturated rings. The molecular formula is C9H7NO4. The van der Waals surface area contributed by atoms with Gasteiger partial charge in [-0.2, -0.15) is 0 Å². The fourth-order valence-corrected chi connectivity index (χ4v) is 1.33. The summed E-state index contributed by atoms with van der Waals surface area (Å²) in [5.41, 5.74) is 0.357. The summed E-state index contributed by atoms with van der Waals surface area (Å²) in [4.78, 5) is 22.5. The van der Waals surface area contributed by atoms with Crippen molar-refractivity contribution >= 4 is 11.8 Å². The Balaban J connectivity index is 2.59. The normalized spacial score (nSPS) is 14.6. The molecule has 1 heterocycles. The van der Waals surface area contributed by atoms with E-state index in [1.165, 1.54) is 19.2 Å². The average molecular weight is 193 g/mol. The zero-order valence-electron chi connectivity index (χ0n) is 7.35. The molecule has 5 heteroatoms. The number of ether oxygens (including phenoxy) is 1. The van der Waals surface area contributed by atoms with E-state index in [0.717, 1.165) is 0 Å². The van der Waals surface area contributed by atoms with Gasteiger partial charge in [-0.15, -0.1) is 5.06 Å². The fourth-order valence-electron chi connectivity index (χ4n) is 1.33. The number of hydroxylamine groups is 2. The standard InChI is InChI=1S/C9H7NO4/c1-14-5-2-3-6-7(4-5)9(12)10(13)8(6)11/h2-4,13H,1H3. The van der Waals surface area contributed by atoms with Crippen molar-refractivity contribution in [2.75, 3.05) is 7.11 Å². The molecule has 1 aromatic carbocycles. The number of benzene rings is 1. The van der Waals surface area contributed by atoms with Crippen molar-refractivity contribution in [3.63, 3.8) is 0 Å². The van der Waals surface area contributed by atoms with Gasteiger partial charge in [-0.05, 0) is 18.2 Å². The molecule has 0 radical (unpaired) electrons. The summed E-state index contributed by atoms with van der Waals surface area (Å²) in [5, 5.41) is 9.15. The van der Waals surface area contributed by atoms with Crippen LogP contribution in [0.1, 0.15) is 20.7 Å². The summed E-state index contributed by atoms with van der Waals surface area (Å²) in [7, 11) is 1.46. The molecule has 1 aliphatic rings. The molecule has 14 heavy (non-hydrogen) atoms. The molecule has 0 saturated heterocycles. The number of amides is 2. The van der Waals surface area contributed by atoms with E-state index in [9.17, 15) is 9.59 Å². The molecule has 1 N–H and O–H groups in total. The molecule has 0 aromatic heterocycles. The maximum atomic E-state index is 11.3. The SMILES string of the molecule is COc1ccc2c(c1)C(=O)N(O)C2=O. The molecule has 0 saturated carbocycles. The minimum Gasteiger partial charge on any atom is -0.497 e. The van der Waals surface area contributed by atoms with E-state index in [0.29, 0.717) is 5.75 Å². The third kappa shape index (κ3) is 0.993. The van der Waals surface area contributed by atoms with Crippen LogP contribution >= 0.6 is 0 Å². The Labute approximate surface area is 79.5 Å². The van der Waals surface area contributed by atoms with E-state index in [2.05, 4.69) is 0 Å². The first-order valence-electron chi connectivity index (χ1n) is 3.91. The number of hydrogen-bond acceptors (Lipinski definition) is 4. The lowest BCUT2D eigenvalue weighted by Crippen LogP contribution is -2.25. The zero-order valence-corrected chi connectivity index (χ0v) is 7.35. The van der Waals surface area contributed by atoms with Crippen molar-refractivity contribution in [2.24, 2.45) is 0 Å². The Hall–Kier alpha value is -1.88. The minimum absolute atomic E-state index is 0.101. The van der Waals surface area contributed by atoms with Crippen LogP contribution < -0.4 is 4.74 Å². The van der Waals surface area contributed by atoms with Gasteiger partial charge in [-0.25, -0.2) is 0 Å². The van der Waals surface area contributed by atoms with Crippen LogP contribution in [0.25, 0.3) is 0 Å². The summed E-state index contributed by atoms with van der Waals surface area (Å²) >= 11 is 0. The average Bonchev–Trinajstić information content (AvgIpc) is 2.44. The highest BCUT2D eigenvalue weighted by atomic mass is 16.5. The first-order valence-corrected chi connectivity index (χ1v) is 3.91. The molecule has 0 bridgehead atoms. The van der Waals surface area contributed by atoms with E-state index < -0.39 is 11.8 Å². The van der Waals surface area contributed by atoms with Gasteiger partial charge in [-0.3, -0.25) is 14.8 Å². The largest absolute Gasteiger partial charge is 0.497 e. The van der Waals surface area contributed by atoms with E-state index in [4.69, 9.17) is 9.94 Å². The predicted octanol–water partition coefficient (Wildman–Crippen LogP) is 0.680. The number of nitrogens with zero attached hydrogens (tertiary/aromatic N) is 1. The Morgan fingerprint density at radius 2 is 1.86 bits per heavy atom. The van der Waals surface area contributed by atoms with Gasteiger partial charge in [0.1, 0.15) is 5.75 Å². The number of carbonyl (C=O) groups excluding carboxylic acids is 2. The van der Waals surface area contributed by atoms with E-state index >= 15 is 0 Å². The van der Waals surface area contributed by atoms with Gasteiger partial charge in [0.25, 0.3) is 11.8 Å². The van der Waals surface area contributed by atoms with Gasteiger partial charge in [0.05, 0.1) is 18.2 Å². The Morgan fingerprint density at radius 3 is 2.50 bits per heavy atom. The van der Waals surface area contributed by atoms with Crippen molar-refractivity contribution in [1.82, 2.24) is 5.06 Å². The molecule has 0 spiro atoms. The number of methoxy groups -OCH3 is 1. The van der Waals surface area contributed by atoms with Crippen LogP contribution in [-0.4, -0.2) is 29.2 Å². The second kappa shape index (κ2) is 2.81. The van der Waals surface area contributed by atoms with E-state index in [1.54, 1.807) is 6.07 Å². The molecule has 2 amide bonds. The van der Waals surface area contributed by atoms with Crippen LogP contribution in [-0.2, 0) is 0 Å². The minimum atomic E-state index is -0.719. The lowest BCUT2D eigenvalue weighted by atomic mass is 10.1. The second-order valence-corrected chi connectivity index (χ2v) is 2.83. The highest BCUT2D eigenvalue weighted by Gasteiger charge is 2.34. The Morgan fingerprint density at radius 1 is 1.21 bits per heavy atom. The first-order chi connectivity index (χ1) is 6.65. The molecular weight excluding hydrogens is 186 g/mol. The van der Waals surface area contributed by atoms with Gasteiger partial charge in [0.15, 0.2) is 0 Å². The molecule has 2 rings (SSSR count). The topological polar surface area (TPSA) is 66.8 Å². The zero-order chi connectivity index (χ0) is 10.3. The van der Waals surface area contributed by atoms with E-state index in [-0.39, 0.29) is 16.2 Å². The molecule has 1 aliphatic heterocycles. The summed E-state index contributed by atoms with van der Waals surface area (Å²) in [6.07, 6.45) is 0. The van der Waals surface area contributed by atoms with Crippen molar-refractivity contribution < 1.29 is 19.5 Å². The monoisotopic (exact) mass is 193 g/mol. The summed E-state index contributed by atoms with van der Waals surface area (Å²) in [5.74, 6) is -0.947. The third-order valence-electron chi connectivity index (χ3n) is 2.07. The first kappa shape index (κ1) is 8.71. The summed E-state index contributed by atoms with van der Waals surface area (Å²) in [6.45, 7) is 0. The van der Waals surface area contributed by atoms with Crippen LogP contribution in [0.2, 0.25) is 0 Å². The van der Waals surface area contributed by atoms with Gasteiger partial charge < -0.3 is 4.74 Å². The maximum absolute atomic E-state index is 11.3. The Bertz CT molecular complexity index is 427. The molecule has 5 nitrogen and oxygen atoms in total. The lowest BCUT2D eigenvalue weighted by Gasteiger charge is -2.00. The van der Waals surface area contributed by atoms with Crippen LogP contribution in [0, 0.1) is 0 Å². The number of rotatable bonds is 1. The maximum Gasteiger partial charge on any atom is 0.285 e. The lowest BCUT2D eigenvalue weighted by molar-refractivity contribution is -0.0327. The number of imide groups is 1. The highest BCUT2D eigenvalue weighted by molar-refractivity contribution is 6.20. The molecule has 0 unspecified atom stereocenters. The highest BCUT2D eigenvalue weighted by Crippen LogP contribution is 2.25. The molecule has 0 atom stereocenters. The van der Waals surface area contributed by atoms with E-state index in [1.807, 2.05) is 0 Å². The second-order valence-electron chi connectivity index (χ2n) is 2.83. The summed E-state index contributed by atoms with van der Waals surface area (Å²) < 4.78 is 4.89. The van der Waals surface area contributed by atoms with Gasteiger partial charge in [0.2, 0.25) is 0 Å². The number of hydrogen-bond donors (Lipinski definition) is 1. The number of fused-ring (bicyclic) bond motifs is 1. The molecule has 0 aliphatic carbocycles. The predicted molar refractivity (Wildman–Crippen MR) is 45.3 cm³/mol. The Kier molecular flexibility index (Phi) is 1.75. The quantitative estimate of drug-likeness (QED) is 0.526. The molecule has 72 valence electrons. The van der Waals surface area contributed by atoms with Gasteiger partial charge in [0, 0.05) is 0 Å². The van der Waals surface area contributed by atoms with Gasteiger partial charge >= 0.3 is 0 Å². The van der Waals surface area contributed by atoms with Crippen molar-refractivity contribution in [3.05, 3.63) is 29.3 Å². The van der Waals surface area contributed by atoms with Crippen LogP contribution in [0.3, 0.4) is 0 Å². The van der Waals surface area contributed by atoms with Gasteiger partial charge in [-0.1, -0.05) is 0 Å². The number of carbonyl (C=O) groups is 2. The fraction of sp³-hybridized carbons (Fsp3) is 0.111. The summed E-state index contributed by atoms with van der Waals surface area (Å²) in [6, 6.07) is 4.43. The smallest absolute Gasteiger partial charge is 0.285 e. The third-order valence-corrected chi connectivity index (χ3v) is 2.07. The van der Waals surface area contributed by atoms with Crippen LogP contribution in [0.5, 0.6) is 5.75 Å². The van der Waals surface area contributed by atoms with Crippen LogP contribution in [0.15, 0.2) is 18.2 Å². The van der Waals surface area contributed by atoms with Crippen molar-refractivity contribution in [1.29, 1.82) is 0 Å². The molecule has 1 aromatic rings. The van der Waals surface area contributed by atoms with Crippen molar-refractivity contribution in [3.8, 4) is 5.75 Å².